The topological polar surface area (TPSA) is 77.2 Å². The number of halogens is 2. The van der Waals surface area contributed by atoms with Crippen molar-refractivity contribution in [1.29, 1.82) is 0 Å². The molecule has 0 radical (unpaired) electrons. The van der Waals surface area contributed by atoms with E-state index in [4.69, 9.17) is 9.26 Å². The first kappa shape index (κ1) is 17.3. The summed E-state index contributed by atoms with van der Waals surface area (Å²) in [5.41, 5.74) is -0.491. The van der Waals surface area contributed by atoms with Crippen LogP contribution in [0.1, 0.15) is 60.1 Å². The number of hydrogen-bond donors (Lipinski definition) is 1. The highest BCUT2D eigenvalue weighted by Crippen LogP contribution is 2.30. The number of aromatic nitrogens is 2. The molecule has 1 saturated carbocycles. The van der Waals surface area contributed by atoms with Crippen molar-refractivity contribution in [2.45, 2.75) is 44.6 Å². The fourth-order valence-electron chi connectivity index (χ4n) is 3.03. The van der Waals surface area contributed by atoms with Gasteiger partial charge in [-0.3, -0.25) is 4.79 Å². The van der Waals surface area contributed by atoms with Gasteiger partial charge in [0.2, 0.25) is 5.89 Å². The average molecular weight is 351 g/mol. The third kappa shape index (κ3) is 3.78. The summed E-state index contributed by atoms with van der Waals surface area (Å²) in [4.78, 5) is 16.5. The van der Waals surface area contributed by atoms with Crippen molar-refractivity contribution in [3.63, 3.8) is 0 Å². The summed E-state index contributed by atoms with van der Waals surface area (Å²) in [7, 11) is 1.28. The van der Waals surface area contributed by atoms with Crippen molar-refractivity contribution in [3.05, 3.63) is 41.0 Å². The molecule has 0 saturated heterocycles. The molecule has 0 unspecified atom stereocenters. The number of hydrogen-bond acceptors (Lipinski definition) is 5. The van der Waals surface area contributed by atoms with Crippen molar-refractivity contribution in [2.75, 3.05) is 7.11 Å². The number of methoxy groups -OCH3 is 1. The fourth-order valence-corrected chi connectivity index (χ4v) is 3.03. The van der Waals surface area contributed by atoms with E-state index in [9.17, 15) is 13.6 Å². The van der Waals surface area contributed by atoms with Crippen molar-refractivity contribution in [3.8, 4) is 5.75 Å². The number of nitrogens with zero attached hydrogens (tertiary/aromatic N) is 2. The number of benzene rings is 1. The first-order valence-electron chi connectivity index (χ1n) is 8.22. The number of amides is 1. The Kier molecular flexibility index (Phi) is 5.25. The lowest BCUT2D eigenvalue weighted by Crippen LogP contribution is -2.25. The van der Waals surface area contributed by atoms with Gasteiger partial charge in [0.25, 0.3) is 5.91 Å². The minimum Gasteiger partial charge on any atom is -0.496 e. The monoisotopic (exact) mass is 351 g/mol. The molecule has 1 heterocycles. The van der Waals surface area contributed by atoms with Crippen LogP contribution in [-0.2, 0) is 6.54 Å². The smallest absolute Gasteiger partial charge is 0.258 e. The first-order chi connectivity index (χ1) is 12.1. The Morgan fingerprint density at radius 2 is 2.08 bits per heavy atom. The van der Waals surface area contributed by atoms with Crippen LogP contribution < -0.4 is 10.1 Å². The lowest BCUT2D eigenvalue weighted by atomic mass is 9.89. The molecule has 0 atom stereocenters. The predicted octanol–water partition coefficient (Wildman–Crippen LogP) is 3.33. The summed E-state index contributed by atoms with van der Waals surface area (Å²) in [5, 5.41) is 6.41. The predicted molar refractivity (Wildman–Crippen MR) is 84.2 cm³/mol. The summed E-state index contributed by atoms with van der Waals surface area (Å²) in [6.45, 7) is -0.0718. The highest BCUT2D eigenvalue weighted by molar-refractivity contribution is 5.97. The van der Waals surface area contributed by atoms with Crippen molar-refractivity contribution in [2.24, 2.45) is 0 Å². The third-order valence-electron chi connectivity index (χ3n) is 4.36. The molecule has 6 nitrogen and oxygen atoms in total. The van der Waals surface area contributed by atoms with E-state index >= 15 is 0 Å². The minimum atomic E-state index is -1.26. The number of nitrogens with one attached hydrogen (secondary N) is 1. The van der Waals surface area contributed by atoms with E-state index in [0.717, 1.165) is 31.7 Å². The zero-order valence-corrected chi connectivity index (χ0v) is 13.8. The zero-order valence-electron chi connectivity index (χ0n) is 13.8. The van der Waals surface area contributed by atoms with Crippen molar-refractivity contribution in [1.82, 2.24) is 15.5 Å². The maximum Gasteiger partial charge on any atom is 0.258 e. The van der Waals surface area contributed by atoms with Crippen LogP contribution in [0.2, 0.25) is 0 Å². The Morgan fingerprint density at radius 3 is 2.80 bits per heavy atom. The number of carbonyl (C=O) groups excluding carboxylic acids is 1. The van der Waals surface area contributed by atoms with Crippen LogP contribution in [0.3, 0.4) is 0 Å². The highest BCUT2D eigenvalue weighted by atomic mass is 19.2. The van der Waals surface area contributed by atoms with E-state index in [1.165, 1.54) is 19.6 Å². The van der Waals surface area contributed by atoms with Crippen LogP contribution in [0, 0.1) is 11.6 Å². The van der Waals surface area contributed by atoms with Crippen LogP contribution in [0.5, 0.6) is 5.75 Å². The van der Waals surface area contributed by atoms with E-state index in [0.29, 0.717) is 5.82 Å². The number of rotatable bonds is 5. The molecule has 1 amide bonds. The van der Waals surface area contributed by atoms with Crippen LogP contribution in [0.4, 0.5) is 8.78 Å². The summed E-state index contributed by atoms with van der Waals surface area (Å²) in [6, 6.07) is 2.10. The van der Waals surface area contributed by atoms with Crippen LogP contribution in [0.15, 0.2) is 16.7 Å². The highest BCUT2D eigenvalue weighted by Gasteiger charge is 2.23. The first-order valence-corrected chi connectivity index (χ1v) is 8.22. The maximum absolute atomic E-state index is 13.9. The van der Waals surface area contributed by atoms with Gasteiger partial charge in [0, 0.05) is 5.92 Å². The molecule has 1 aromatic heterocycles. The summed E-state index contributed by atoms with van der Waals surface area (Å²) in [6.07, 6.45) is 5.56. The Morgan fingerprint density at radius 1 is 1.32 bits per heavy atom. The van der Waals surface area contributed by atoms with Gasteiger partial charge in [-0.15, -0.1) is 0 Å². The molecule has 25 heavy (non-hydrogen) atoms. The molecule has 8 heteroatoms. The molecule has 2 aromatic rings. The molecule has 1 aliphatic rings. The van der Waals surface area contributed by atoms with Crippen molar-refractivity contribution < 1.29 is 22.8 Å². The molecule has 0 spiro atoms. The molecular weight excluding hydrogens is 332 g/mol. The van der Waals surface area contributed by atoms with Crippen LogP contribution >= 0.6 is 0 Å². The Hall–Kier alpha value is -2.51. The van der Waals surface area contributed by atoms with Gasteiger partial charge < -0.3 is 14.6 Å². The Balaban J connectivity index is 1.67. The zero-order chi connectivity index (χ0) is 17.8. The van der Waals surface area contributed by atoms with Crippen LogP contribution in [-0.4, -0.2) is 23.2 Å². The quantitative estimate of drug-likeness (QED) is 0.894. The average Bonchev–Trinajstić information content (AvgIpc) is 3.11. The minimum absolute atomic E-state index is 0.0511. The second kappa shape index (κ2) is 7.58. The van der Waals surface area contributed by atoms with Gasteiger partial charge >= 0.3 is 0 Å². The number of ether oxygens (including phenoxy) is 1. The second-order valence-electron chi connectivity index (χ2n) is 6.00. The maximum atomic E-state index is 13.9. The normalized spacial score (nSPS) is 15.2. The number of carbonyl (C=O) groups is 1. The lowest BCUT2D eigenvalue weighted by molar-refractivity contribution is 0.0937. The van der Waals surface area contributed by atoms with E-state index < -0.39 is 23.1 Å². The molecule has 0 aliphatic heterocycles. The second-order valence-corrected chi connectivity index (χ2v) is 6.00. The van der Waals surface area contributed by atoms with Crippen molar-refractivity contribution >= 4 is 5.91 Å². The standard InChI is InChI=1S/C17H19F2N3O3/c1-24-12-8-7-11(18)15(19)14(12)17(23)20-9-13-21-16(22-25-13)10-5-3-2-4-6-10/h7-8,10H,2-6,9H2,1H3,(H,20,23). The van der Waals surface area contributed by atoms with Crippen LogP contribution in [0.25, 0.3) is 0 Å². The van der Waals surface area contributed by atoms with E-state index in [-0.39, 0.29) is 24.1 Å². The lowest BCUT2D eigenvalue weighted by Gasteiger charge is -2.17. The van der Waals surface area contributed by atoms with Gasteiger partial charge in [0.05, 0.1) is 13.7 Å². The summed E-state index contributed by atoms with van der Waals surface area (Å²) < 4.78 is 37.3. The molecule has 1 aliphatic carbocycles. The summed E-state index contributed by atoms with van der Waals surface area (Å²) in [5.74, 6) is -2.10. The molecular formula is C17H19F2N3O3. The molecule has 134 valence electrons. The molecule has 3 rings (SSSR count). The largest absolute Gasteiger partial charge is 0.496 e. The van der Waals surface area contributed by atoms with Gasteiger partial charge in [-0.05, 0) is 25.0 Å². The van der Waals surface area contributed by atoms with Gasteiger partial charge in [-0.25, -0.2) is 8.78 Å². The van der Waals surface area contributed by atoms with Gasteiger partial charge in [0.1, 0.15) is 11.3 Å². The molecule has 0 bridgehead atoms. The van der Waals surface area contributed by atoms with Gasteiger partial charge in [0.15, 0.2) is 17.5 Å². The molecule has 1 N–H and O–H groups in total. The fraction of sp³-hybridized carbons (Fsp3) is 0.471. The van der Waals surface area contributed by atoms with Gasteiger partial charge in [-0.2, -0.15) is 4.98 Å². The van der Waals surface area contributed by atoms with E-state index in [1.54, 1.807) is 0 Å². The Bertz CT molecular complexity index is 758. The molecule has 1 aromatic carbocycles. The van der Waals surface area contributed by atoms with E-state index in [2.05, 4.69) is 15.5 Å². The third-order valence-corrected chi connectivity index (χ3v) is 4.36. The summed E-state index contributed by atoms with van der Waals surface area (Å²) >= 11 is 0. The van der Waals surface area contributed by atoms with E-state index in [1.807, 2.05) is 0 Å². The molecule has 1 fully saturated rings. The van der Waals surface area contributed by atoms with Gasteiger partial charge in [-0.1, -0.05) is 24.4 Å². The Labute approximate surface area is 143 Å². The SMILES string of the molecule is COc1ccc(F)c(F)c1C(=O)NCc1nc(C2CCCCC2)no1.